The number of aliphatic carboxylic acids is 1. The molecule has 0 aromatic carbocycles. The molecule has 0 bridgehead atoms. The van der Waals surface area contributed by atoms with Crippen molar-refractivity contribution >= 4 is 12.0 Å². The fourth-order valence-corrected chi connectivity index (χ4v) is 2.07. The predicted octanol–water partition coefficient (Wildman–Crippen LogP) is 0.918. The fraction of sp³-hybridized carbons (Fsp3) is 0.833. The van der Waals surface area contributed by atoms with Crippen LogP contribution in [-0.2, 0) is 9.53 Å². The standard InChI is InChI=1S/C12H22N2O4/c1-3-10(18-2)7-13-12(17)14-6-4-5-9(8-14)11(15)16/h9-10H,3-8H2,1-2H3,(H,13,17)(H,15,16). The van der Waals surface area contributed by atoms with E-state index in [9.17, 15) is 9.59 Å². The van der Waals surface area contributed by atoms with E-state index in [0.717, 1.165) is 12.8 Å². The average Bonchev–Trinajstić information content (AvgIpc) is 2.39. The van der Waals surface area contributed by atoms with E-state index in [1.165, 1.54) is 0 Å². The van der Waals surface area contributed by atoms with Gasteiger partial charge in [0.2, 0.25) is 0 Å². The van der Waals surface area contributed by atoms with Gasteiger partial charge in [-0.1, -0.05) is 6.92 Å². The summed E-state index contributed by atoms with van der Waals surface area (Å²) in [6.45, 7) is 3.37. The zero-order valence-electron chi connectivity index (χ0n) is 11.0. The van der Waals surface area contributed by atoms with E-state index >= 15 is 0 Å². The molecule has 0 aliphatic carbocycles. The summed E-state index contributed by atoms with van der Waals surface area (Å²) in [5.41, 5.74) is 0. The van der Waals surface area contributed by atoms with Crippen molar-refractivity contribution in [3.8, 4) is 0 Å². The van der Waals surface area contributed by atoms with Gasteiger partial charge in [0.15, 0.2) is 0 Å². The SMILES string of the molecule is CCC(CNC(=O)N1CCCC(C(=O)O)C1)OC. The summed E-state index contributed by atoms with van der Waals surface area (Å²) in [5, 5.41) is 11.7. The van der Waals surface area contributed by atoms with Gasteiger partial charge >= 0.3 is 12.0 Å². The topological polar surface area (TPSA) is 78.9 Å². The van der Waals surface area contributed by atoms with E-state index in [1.54, 1.807) is 12.0 Å². The molecule has 1 saturated heterocycles. The summed E-state index contributed by atoms with van der Waals surface area (Å²) in [6.07, 6.45) is 2.23. The minimum atomic E-state index is -0.823. The number of likely N-dealkylation sites (tertiary alicyclic amines) is 1. The van der Waals surface area contributed by atoms with Crippen molar-refractivity contribution in [2.75, 3.05) is 26.7 Å². The Morgan fingerprint density at radius 1 is 1.56 bits per heavy atom. The molecular formula is C12H22N2O4. The Labute approximate surface area is 107 Å². The number of piperidine rings is 1. The number of urea groups is 1. The van der Waals surface area contributed by atoms with E-state index in [1.807, 2.05) is 6.92 Å². The molecule has 1 fully saturated rings. The predicted molar refractivity (Wildman–Crippen MR) is 66.4 cm³/mol. The highest BCUT2D eigenvalue weighted by molar-refractivity contribution is 5.76. The van der Waals surface area contributed by atoms with Gasteiger partial charge in [0.05, 0.1) is 12.0 Å². The molecule has 2 atom stereocenters. The third kappa shape index (κ3) is 4.18. The first-order valence-electron chi connectivity index (χ1n) is 6.36. The molecule has 0 saturated carbocycles. The molecule has 18 heavy (non-hydrogen) atoms. The van der Waals surface area contributed by atoms with Crippen molar-refractivity contribution in [1.29, 1.82) is 0 Å². The quantitative estimate of drug-likeness (QED) is 0.768. The van der Waals surface area contributed by atoms with Crippen molar-refractivity contribution in [1.82, 2.24) is 10.2 Å². The van der Waals surface area contributed by atoms with Crippen molar-refractivity contribution < 1.29 is 19.4 Å². The molecule has 2 unspecified atom stereocenters. The maximum absolute atomic E-state index is 11.9. The van der Waals surface area contributed by atoms with Crippen LogP contribution in [0.3, 0.4) is 0 Å². The average molecular weight is 258 g/mol. The first-order valence-corrected chi connectivity index (χ1v) is 6.36. The largest absolute Gasteiger partial charge is 0.481 e. The van der Waals surface area contributed by atoms with E-state index in [2.05, 4.69) is 5.32 Å². The summed E-state index contributed by atoms with van der Waals surface area (Å²) >= 11 is 0. The highest BCUT2D eigenvalue weighted by Gasteiger charge is 2.28. The van der Waals surface area contributed by atoms with E-state index in [0.29, 0.717) is 26.1 Å². The highest BCUT2D eigenvalue weighted by atomic mass is 16.5. The summed E-state index contributed by atoms with van der Waals surface area (Å²) in [6, 6.07) is -0.198. The molecule has 0 spiro atoms. The van der Waals surface area contributed by atoms with Crippen molar-refractivity contribution in [2.24, 2.45) is 5.92 Å². The van der Waals surface area contributed by atoms with Crippen LogP contribution in [-0.4, -0.2) is 54.9 Å². The summed E-state index contributed by atoms with van der Waals surface area (Å²) in [5.74, 6) is -1.26. The molecule has 2 amide bonds. The Balaban J connectivity index is 2.39. The number of carbonyl (C=O) groups excluding carboxylic acids is 1. The van der Waals surface area contributed by atoms with Crippen LogP contribution in [0.5, 0.6) is 0 Å². The molecule has 6 heteroatoms. The van der Waals surface area contributed by atoms with E-state index in [-0.39, 0.29) is 12.1 Å². The van der Waals surface area contributed by atoms with Crippen LogP contribution in [0.1, 0.15) is 26.2 Å². The van der Waals surface area contributed by atoms with Crippen molar-refractivity contribution in [3.63, 3.8) is 0 Å². The van der Waals surface area contributed by atoms with Gasteiger partial charge in [0, 0.05) is 26.7 Å². The van der Waals surface area contributed by atoms with Crippen LogP contribution < -0.4 is 5.32 Å². The zero-order chi connectivity index (χ0) is 13.5. The van der Waals surface area contributed by atoms with Gasteiger partial charge in [-0.3, -0.25) is 4.79 Å². The lowest BCUT2D eigenvalue weighted by Gasteiger charge is -2.31. The molecule has 1 heterocycles. The van der Waals surface area contributed by atoms with Crippen LogP contribution in [0.15, 0.2) is 0 Å². The number of rotatable bonds is 5. The number of amides is 2. The minimum Gasteiger partial charge on any atom is -0.481 e. The van der Waals surface area contributed by atoms with Crippen LogP contribution in [0, 0.1) is 5.92 Å². The summed E-state index contributed by atoms with van der Waals surface area (Å²) in [4.78, 5) is 24.3. The molecule has 2 N–H and O–H groups in total. The lowest BCUT2D eigenvalue weighted by molar-refractivity contribution is -0.143. The van der Waals surface area contributed by atoms with Gasteiger partial charge in [-0.05, 0) is 19.3 Å². The maximum atomic E-state index is 11.9. The number of hydrogen-bond acceptors (Lipinski definition) is 3. The van der Waals surface area contributed by atoms with Gasteiger partial charge in [-0.2, -0.15) is 0 Å². The molecular weight excluding hydrogens is 236 g/mol. The second kappa shape index (κ2) is 7.20. The highest BCUT2D eigenvalue weighted by Crippen LogP contribution is 2.16. The Hall–Kier alpha value is -1.30. The van der Waals surface area contributed by atoms with Gasteiger partial charge in [0.1, 0.15) is 0 Å². The number of methoxy groups -OCH3 is 1. The number of hydrogen-bond donors (Lipinski definition) is 2. The Kier molecular flexibility index (Phi) is 5.91. The van der Waals surface area contributed by atoms with E-state index < -0.39 is 11.9 Å². The number of nitrogens with one attached hydrogen (secondary N) is 1. The first kappa shape index (κ1) is 14.8. The first-order chi connectivity index (χ1) is 8.58. The third-order valence-corrected chi connectivity index (χ3v) is 3.33. The van der Waals surface area contributed by atoms with Crippen LogP contribution >= 0.6 is 0 Å². The van der Waals surface area contributed by atoms with Gasteiger partial charge < -0.3 is 20.1 Å². The molecule has 0 aromatic rings. The second-order valence-electron chi connectivity index (χ2n) is 4.58. The Morgan fingerprint density at radius 3 is 2.83 bits per heavy atom. The normalized spacial score (nSPS) is 21.4. The van der Waals surface area contributed by atoms with Crippen LogP contribution in [0.4, 0.5) is 4.79 Å². The van der Waals surface area contributed by atoms with Crippen LogP contribution in [0.25, 0.3) is 0 Å². The van der Waals surface area contributed by atoms with Crippen molar-refractivity contribution in [3.05, 3.63) is 0 Å². The number of ether oxygens (including phenoxy) is 1. The maximum Gasteiger partial charge on any atom is 0.317 e. The lowest BCUT2D eigenvalue weighted by Crippen LogP contribution is -2.48. The summed E-state index contributed by atoms with van der Waals surface area (Å²) < 4.78 is 5.17. The summed E-state index contributed by atoms with van der Waals surface area (Å²) in [7, 11) is 1.61. The second-order valence-corrected chi connectivity index (χ2v) is 4.58. The van der Waals surface area contributed by atoms with Gasteiger partial charge in [-0.25, -0.2) is 4.79 Å². The monoisotopic (exact) mass is 258 g/mol. The number of carboxylic acids is 1. The zero-order valence-corrected chi connectivity index (χ0v) is 11.0. The molecule has 1 rings (SSSR count). The van der Waals surface area contributed by atoms with Gasteiger partial charge in [-0.15, -0.1) is 0 Å². The minimum absolute atomic E-state index is 0.00834. The van der Waals surface area contributed by atoms with Crippen LogP contribution in [0.2, 0.25) is 0 Å². The van der Waals surface area contributed by atoms with E-state index in [4.69, 9.17) is 9.84 Å². The molecule has 0 aromatic heterocycles. The molecule has 1 aliphatic rings. The molecule has 104 valence electrons. The van der Waals surface area contributed by atoms with Crippen molar-refractivity contribution in [2.45, 2.75) is 32.3 Å². The number of carbonyl (C=O) groups is 2. The third-order valence-electron chi connectivity index (χ3n) is 3.33. The number of carboxylic acid groups (broad SMARTS) is 1. The Morgan fingerprint density at radius 2 is 2.28 bits per heavy atom. The Bertz CT molecular complexity index is 292. The van der Waals surface area contributed by atoms with Gasteiger partial charge in [0.25, 0.3) is 0 Å². The number of nitrogens with zero attached hydrogens (tertiary/aromatic N) is 1. The molecule has 0 radical (unpaired) electrons. The molecule has 1 aliphatic heterocycles. The molecule has 6 nitrogen and oxygen atoms in total. The fourth-order valence-electron chi connectivity index (χ4n) is 2.07. The smallest absolute Gasteiger partial charge is 0.317 e. The lowest BCUT2D eigenvalue weighted by atomic mass is 9.99.